The first-order valence-electron chi connectivity index (χ1n) is 9.44. The van der Waals surface area contributed by atoms with Crippen molar-refractivity contribution in [3.05, 3.63) is 77.4 Å². The van der Waals surface area contributed by atoms with Crippen molar-refractivity contribution in [3.8, 4) is 5.75 Å². The van der Waals surface area contributed by atoms with Gasteiger partial charge >= 0.3 is 5.97 Å². The van der Waals surface area contributed by atoms with Crippen molar-refractivity contribution in [3.63, 3.8) is 0 Å². The predicted octanol–water partition coefficient (Wildman–Crippen LogP) is 4.71. The zero-order chi connectivity index (χ0) is 19.9. The Labute approximate surface area is 196 Å². The van der Waals surface area contributed by atoms with Gasteiger partial charge in [0.2, 0.25) is 0 Å². The fraction of sp³-hybridized carbons (Fsp3) is 0.348. The summed E-state index contributed by atoms with van der Waals surface area (Å²) in [6, 6.07) is 16.3. The third kappa shape index (κ3) is 6.75. The Hall–Kier alpha value is -1.53. The number of benzene rings is 2. The molecule has 2 N–H and O–H groups in total. The first-order chi connectivity index (χ1) is 13.5. The van der Waals surface area contributed by atoms with Gasteiger partial charge in [0, 0.05) is 56.4 Å². The number of hydrogen-bond acceptors (Lipinski definition) is 4. The van der Waals surface area contributed by atoms with Crippen LogP contribution in [-0.4, -0.2) is 22.8 Å². The smallest absolute Gasteiger partial charge is 0.303 e. The van der Waals surface area contributed by atoms with E-state index in [-0.39, 0.29) is 56.9 Å². The summed E-state index contributed by atoms with van der Waals surface area (Å²) >= 11 is 0. The zero-order valence-electron chi connectivity index (χ0n) is 16.5. The van der Waals surface area contributed by atoms with Crippen LogP contribution in [0.2, 0.25) is 0 Å². The Morgan fingerprint density at radius 2 is 2.03 bits per heavy atom. The Bertz CT molecular complexity index is 821. The summed E-state index contributed by atoms with van der Waals surface area (Å²) in [6.45, 7) is 2.43. The van der Waals surface area contributed by atoms with Crippen molar-refractivity contribution in [1.29, 1.82) is 0 Å². The largest absolute Gasteiger partial charge is 0.534 e. The molecule has 0 amide bonds. The van der Waals surface area contributed by atoms with Gasteiger partial charge in [0.1, 0.15) is 0 Å². The quantitative estimate of drug-likeness (QED) is 0.453. The van der Waals surface area contributed by atoms with Crippen LogP contribution in [0.5, 0.6) is 5.75 Å². The maximum atomic E-state index is 10.6. The third-order valence-electron chi connectivity index (χ3n) is 4.76. The molecule has 151 valence electrons. The molecule has 5 nitrogen and oxygen atoms in total. The van der Waals surface area contributed by atoms with Crippen LogP contribution < -0.4 is 0 Å². The summed E-state index contributed by atoms with van der Waals surface area (Å²) in [7, 11) is 0. The van der Waals surface area contributed by atoms with E-state index in [4.69, 9.17) is 14.6 Å². The maximum absolute atomic E-state index is 10.6. The van der Waals surface area contributed by atoms with Crippen molar-refractivity contribution in [2.75, 3.05) is 6.61 Å². The molecule has 0 spiro atoms. The molecule has 29 heavy (non-hydrogen) atoms. The van der Waals surface area contributed by atoms with Gasteiger partial charge in [0.25, 0.3) is 0 Å². The van der Waals surface area contributed by atoms with E-state index in [0.717, 1.165) is 11.1 Å². The van der Waals surface area contributed by atoms with Crippen LogP contribution in [0.25, 0.3) is 0 Å². The van der Waals surface area contributed by atoms with E-state index in [2.05, 4.69) is 6.07 Å². The summed E-state index contributed by atoms with van der Waals surface area (Å²) in [5, 5.41) is 19.1. The molecule has 0 unspecified atom stereocenters. The van der Waals surface area contributed by atoms with Crippen LogP contribution in [0.4, 0.5) is 0 Å². The monoisotopic (exact) mass is 470 g/mol. The minimum atomic E-state index is -0.808. The summed E-state index contributed by atoms with van der Waals surface area (Å²) in [4.78, 5) is 10.6. The van der Waals surface area contributed by atoms with Crippen LogP contribution in [-0.2, 0) is 47.0 Å². The second-order valence-corrected chi connectivity index (χ2v) is 7.01. The second kappa shape index (κ2) is 11.6. The Kier molecular flexibility index (Phi) is 9.50. The van der Waals surface area contributed by atoms with Gasteiger partial charge in [-0.05, 0) is 12.8 Å². The summed E-state index contributed by atoms with van der Waals surface area (Å²) in [5.74, 6) is -0.718. The van der Waals surface area contributed by atoms with Crippen molar-refractivity contribution in [2.45, 2.75) is 38.6 Å². The van der Waals surface area contributed by atoms with Crippen molar-refractivity contribution >= 4 is 5.97 Å². The standard InChI is InChI=1S/C23H25O5.Y/c1-16-12-13-20(24)19(14-16)22-18(10-6-3-7-11-21(25)26)15-27-23(28-22)17-8-4-2-5-9-17;/h2-6,8-9,12,14,18,22-24H,7,10-11,15H2,1H3,(H,25,26);/q-1;/b6-3-;/t18-,22+,23+;/m1./s1. The average Bonchev–Trinajstić information content (AvgIpc) is 2.70. The molecule has 1 aliphatic heterocycles. The number of carboxylic acid groups (broad SMARTS) is 1. The third-order valence-corrected chi connectivity index (χ3v) is 4.76. The number of ether oxygens (including phenoxy) is 2. The van der Waals surface area contributed by atoms with E-state index in [1.54, 1.807) is 6.07 Å². The summed E-state index contributed by atoms with van der Waals surface area (Å²) in [5.41, 5.74) is 2.63. The SMILES string of the molecule is Cc1c[c-]c(O)c([C@H]2O[C@@H](c3ccccc3)OC[C@H]2C/C=C\CCC(=O)O)c1.[Y]. The van der Waals surface area contributed by atoms with E-state index in [9.17, 15) is 9.90 Å². The molecule has 2 aromatic rings. The molecule has 1 heterocycles. The number of aryl methyl sites for hydroxylation is 1. The Balaban J connectivity index is 0.00000300. The topological polar surface area (TPSA) is 76.0 Å². The van der Waals surface area contributed by atoms with E-state index in [0.29, 0.717) is 25.0 Å². The first kappa shape index (κ1) is 23.7. The number of carbonyl (C=O) groups is 1. The maximum Gasteiger partial charge on any atom is 0.303 e. The number of allylic oxidation sites excluding steroid dienone is 2. The summed E-state index contributed by atoms with van der Waals surface area (Å²) in [6.07, 6.45) is 4.26. The molecule has 0 aliphatic carbocycles. The van der Waals surface area contributed by atoms with Crippen LogP contribution in [0.15, 0.2) is 54.6 Å². The molecule has 0 saturated carbocycles. The second-order valence-electron chi connectivity index (χ2n) is 7.01. The molecule has 1 radical (unpaired) electrons. The van der Waals surface area contributed by atoms with Gasteiger partial charge in [0.15, 0.2) is 6.29 Å². The number of carboxylic acids is 1. The normalized spacial score (nSPS) is 21.6. The number of rotatable bonds is 7. The molecular formula is C23H25O5Y-. The Morgan fingerprint density at radius 3 is 2.76 bits per heavy atom. The molecule has 3 atom stereocenters. The van der Waals surface area contributed by atoms with Gasteiger partial charge in [-0.25, -0.2) is 0 Å². The molecule has 1 saturated heterocycles. The van der Waals surface area contributed by atoms with E-state index in [1.807, 2.05) is 55.5 Å². The number of phenolic OH excluding ortho intramolecular Hbond substituents is 1. The van der Waals surface area contributed by atoms with E-state index >= 15 is 0 Å². The van der Waals surface area contributed by atoms with Crippen molar-refractivity contribution in [1.82, 2.24) is 0 Å². The Morgan fingerprint density at radius 1 is 1.28 bits per heavy atom. The van der Waals surface area contributed by atoms with Gasteiger partial charge in [-0.15, -0.1) is 6.07 Å². The fourth-order valence-electron chi connectivity index (χ4n) is 3.32. The molecule has 1 aliphatic rings. The number of aliphatic carboxylic acids is 1. The number of phenols is 1. The molecule has 3 rings (SSSR count). The summed E-state index contributed by atoms with van der Waals surface area (Å²) < 4.78 is 12.2. The van der Waals surface area contributed by atoms with Gasteiger partial charge in [-0.3, -0.25) is 4.79 Å². The fourth-order valence-corrected chi connectivity index (χ4v) is 3.32. The van der Waals surface area contributed by atoms with Gasteiger partial charge in [0.05, 0.1) is 12.7 Å². The van der Waals surface area contributed by atoms with Crippen molar-refractivity contribution in [2.24, 2.45) is 5.92 Å². The molecular weight excluding hydrogens is 445 g/mol. The first-order valence-corrected chi connectivity index (χ1v) is 9.44. The van der Waals surface area contributed by atoms with Crippen LogP contribution >= 0.6 is 0 Å². The minimum absolute atomic E-state index is 0. The molecule has 2 aromatic carbocycles. The van der Waals surface area contributed by atoms with Crippen molar-refractivity contribution < 1.29 is 57.2 Å². The van der Waals surface area contributed by atoms with Crippen LogP contribution in [0.1, 0.15) is 48.3 Å². The molecule has 0 bridgehead atoms. The molecule has 0 aromatic heterocycles. The van der Waals surface area contributed by atoms with Gasteiger partial charge in [-0.2, -0.15) is 17.7 Å². The van der Waals surface area contributed by atoms with Crippen LogP contribution in [0.3, 0.4) is 0 Å². The predicted molar refractivity (Wildman–Crippen MR) is 105 cm³/mol. The number of hydrogen-bond donors (Lipinski definition) is 2. The zero-order valence-corrected chi connectivity index (χ0v) is 19.3. The molecule has 1 fully saturated rings. The van der Waals surface area contributed by atoms with E-state index < -0.39 is 12.3 Å². The van der Waals surface area contributed by atoms with Gasteiger partial charge < -0.3 is 19.7 Å². The average molecular weight is 470 g/mol. The van der Waals surface area contributed by atoms with Crippen LogP contribution in [0, 0.1) is 18.9 Å². The molecule has 6 heteroatoms. The van der Waals surface area contributed by atoms with E-state index in [1.165, 1.54) is 0 Å². The number of aromatic hydroxyl groups is 1. The van der Waals surface area contributed by atoms with Gasteiger partial charge in [-0.1, -0.05) is 55.0 Å². The minimum Gasteiger partial charge on any atom is -0.534 e.